The van der Waals surface area contributed by atoms with Crippen LogP contribution in [0.4, 0.5) is 4.79 Å². The Morgan fingerprint density at radius 2 is 1.65 bits per heavy atom. The number of amides is 2. The van der Waals surface area contributed by atoms with Crippen molar-refractivity contribution in [3.63, 3.8) is 0 Å². The highest BCUT2D eigenvalue weighted by Gasteiger charge is 2.46. The van der Waals surface area contributed by atoms with Gasteiger partial charge < -0.3 is 24.5 Å². The van der Waals surface area contributed by atoms with Crippen LogP contribution in [0.25, 0.3) is 11.0 Å². The van der Waals surface area contributed by atoms with Crippen LogP contribution in [0.2, 0.25) is 51.4 Å². The Hall–Kier alpha value is -3.05. The topological polar surface area (TPSA) is 140 Å². The number of aromatic nitrogens is 2. The van der Waals surface area contributed by atoms with E-state index in [-0.39, 0.29) is 26.3 Å². The van der Waals surface area contributed by atoms with E-state index in [2.05, 4.69) is 44.6 Å². The largest absolute Gasteiger partial charge is 0.465 e. The lowest BCUT2D eigenvalue weighted by Crippen LogP contribution is -2.33. The molecular weight excluding hydrogens is 641 g/mol. The molecule has 1 aromatic heterocycles. The third-order valence-electron chi connectivity index (χ3n) is 8.14. The smallest absolute Gasteiger partial charge is 0.405 e. The number of nitrogens with zero attached hydrogens (tertiary/aromatic N) is 3. The van der Waals surface area contributed by atoms with Gasteiger partial charge >= 0.3 is 6.09 Å². The molecule has 46 heavy (non-hydrogen) atoms. The molecule has 0 radical (unpaired) electrons. The summed E-state index contributed by atoms with van der Waals surface area (Å²) in [4.78, 5) is 29.6. The summed E-state index contributed by atoms with van der Waals surface area (Å²) in [5.74, 6) is 0.0604. The van der Waals surface area contributed by atoms with E-state index in [0.29, 0.717) is 30.2 Å². The van der Waals surface area contributed by atoms with Gasteiger partial charge in [-0.05, 0) is 47.8 Å². The van der Waals surface area contributed by atoms with E-state index in [9.17, 15) is 23.1 Å². The van der Waals surface area contributed by atoms with E-state index in [1.54, 1.807) is 12.1 Å². The molecular formula is C32H48N4O7SSi2. The number of hydrogen-bond acceptors (Lipinski definition) is 7. The van der Waals surface area contributed by atoms with Crippen molar-refractivity contribution in [3.05, 3.63) is 65.0 Å². The Balaban J connectivity index is 1.55. The molecule has 4 rings (SSSR count). The van der Waals surface area contributed by atoms with Crippen molar-refractivity contribution < 1.29 is 32.6 Å². The molecule has 1 saturated heterocycles. The van der Waals surface area contributed by atoms with Crippen LogP contribution in [0, 0.1) is 6.92 Å². The minimum Gasteiger partial charge on any atom is -0.465 e. The highest BCUT2D eigenvalue weighted by Crippen LogP contribution is 2.38. The fourth-order valence-corrected chi connectivity index (χ4v) is 8.79. The molecule has 3 aromatic rings. The second-order valence-electron chi connectivity index (χ2n) is 14.5. The Bertz CT molecular complexity index is 1660. The molecule has 0 spiro atoms. The van der Waals surface area contributed by atoms with E-state index in [4.69, 9.17) is 14.5 Å². The molecule has 2 N–H and O–H groups in total. The van der Waals surface area contributed by atoms with Crippen molar-refractivity contribution in [2.75, 3.05) is 19.9 Å². The number of aryl methyl sites for hydroxylation is 1. The van der Waals surface area contributed by atoms with Crippen LogP contribution < -0.4 is 5.32 Å². The molecule has 11 nitrogen and oxygen atoms in total. The number of imidazole rings is 1. The highest BCUT2D eigenvalue weighted by molar-refractivity contribution is 7.90. The molecule has 2 atom stereocenters. The number of hydrogen-bond donors (Lipinski definition) is 2. The summed E-state index contributed by atoms with van der Waals surface area (Å²) in [6, 6.07) is 14.2. The normalized spacial score (nSPS) is 17.5. The predicted molar refractivity (Wildman–Crippen MR) is 185 cm³/mol. The van der Waals surface area contributed by atoms with Crippen molar-refractivity contribution in [3.8, 4) is 0 Å². The Kier molecular flexibility index (Phi) is 11.2. The van der Waals surface area contributed by atoms with Gasteiger partial charge in [-0.1, -0.05) is 69.6 Å². The summed E-state index contributed by atoms with van der Waals surface area (Å²) in [6.45, 7) is 16.3. The summed E-state index contributed by atoms with van der Waals surface area (Å²) in [6.07, 6.45) is -1.05. The molecule has 2 heterocycles. The van der Waals surface area contributed by atoms with Gasteiger partial charge in [-0.15, -0.1) is 0 Å². The van der Waals surface area contributed by atoms with Crippen LogP contribution in [-0.4, -0.2) is 75.5 Å². The van der Waals surface area contributed by atoms with Crippen LogP contribution in [0.15, 0.2) is 42.5 Å². The SMILES string of the molecule is Cc1cc(C[C@H](NC(=O)O)c2nc3ccccc3n2COCC[Si](C)(C)C)ccc1[C@H]1CC(=O)N(COCC[Si](C)(C)C)S1(=O)=O. The average Bonchev–Trinajstić information content (AvgIpc) is 3.41. The van der Waals surface area contributed by atoms with Crippen molar-refractivity contribution in [2.24, 2.45) is 0 Å². The zero-order valence-corrected chi connectivity index (χ0v) is 30.8. The molecule has 1 fully saturated rings. The molecule has 1 aliphatic rings. The van der Waals surface area contributed by atoms with Crippen molar-refractivity contribution in [1.29, 1.82) is 0 Å². The van der Waals surface area contributed by atoms with E-state index >= 15 is 0 Å². The number of fused-ring (bicyclic) bond motifs is 1. The second kappa shape index (κ2) is 14.4. The lowest BCUT2D eigenvalue weighted by molar-refractivity contribution is -0.128. The minimum absolute atomic E-state index is 0.148. The highest BCUT2D eigenvalue weighted by atomic mass is 32.2. The fourth-order valence-electron chi connectivity index (χ4n) is 5.45. The number of benzene rings is 2. The second-order valence-corrected chi connectivity index (χ2v) is 27.7. The lowest BCUT2D eigenvalue weighted by Gasteiger charge is -2.21. The summed E-state index contributed by atoms with van der Waals surface area (Å²) in [5, 5.41) is 11.4. The summed E-state index contributed by atoms with van der Waals surface area (Å²) < 4.78 is 41.3. The molecule has 0 saturated carbocycles. The molecule has 2 amide bonds. The van der Waals surface area contributed by atoms with Gasteiger partial charge in [0.2, 0.25) is 15.9 Å². The van der Waals surface area contributed by atoms with Gasteiger partial charge in [0.1, 0.15) is 24.5 Å². The summed E-state index contributed by atoms with van der Waals surface area (Å²) in [7, 11) is -6.61. The lowest BCUT2D eigenvalue weighted by atomic mass is 9.97. The van der Waals surface area contributed by atoms with Crippen molar-refractivity contribution in [2.45, 2.75) is 89.2 Å². The summed E-state index contributed by atoms with van der Waals surface area (Å²) in [5.41, 5.74) is 3.64. The van der Waals surface area contributed by atoms with Crippen LogP contribution in [-0.2, 0) is 37.4 Å². The standard InChI is InChI=1S/C32H48N4O7SSi2/c1-23-18-24(12-13-25(23)29-20-30(37)36(44(29,40)41)22-43-15-17-46(5,6)7)19-27(34-32(38)39)31-33-26-10-8-9-11-28(26)35(31)21-42-14-16-45(2,3)4/h8-13,18,27,29,34H,14-17,19-22H2,1-7H3,(H,38,39)/t27-,29+/m0/s1. The van der Waals surface area contributed by atoms with E-state index in [1.165, 1.54) is 0 Å². The van der Waals surface area contributed by atoms with Gasteiger partial charge in [-0.3, -0.25) is 4.79 Å². The summed E-state index contributed by atoms with van der Waals surface area (Å²) >= 11 is 0. The van der Waals surface area contributed by atoms with E-state index in [1.807, 2.05) is 41.8 Å². The molecule has 14 heteroatoms. The first kappa shape index (κ1) is 35.8. The van der Waals surface area contributed by atoms with Crippen LogP contribution in [0.5, 0.6) is 0 Å². The Labute approximate surface area is 274 Å². The number of nitrogens with one attached hydrogen (secondary N) is 1. The van der Waals surface area contributed by atoms with Gasteiger partial charge in [0.05, 0.1) is 23.5 Å². The molecule has 1 aliphatic heterocycles. The third-order valence-corrected chi connectivity index (χ3v) is 13.6. The van der Waals surface area contributed by atoms with Gasteiger partial charge in [0.15, 0.2) is 0 Å². The number of rotatable bonds is 15. The molecule has 0 aliphatic carbocycles. The maximum absolute atomic E-state index is 13.4. The van der Waals surface area contributed by atoms with Gasteiger partial charge in [0, 0.05) is 35.8 Å². The number of para-hydroxylation sites is 2. The maximum Gasteiger partial charge on any atom is 0.405 e. The average molecular weight is 689 g/mol. The maximum atomic E-state index is 13.4. The van der Waals surface area contributed by atoms with Crippen molar-refractivity contribution >= 4 is 49.2 Å². The number of carbonyl (C=O) groups is 2. The minimum atomic E-state index is -3.95. The Morgan fingerprint density at radius 3 is 2.26 bits per heavy atom. The van der Waals surface area contributed by atoms with E-state index in [0.717, 1.165) is 33.0 Å². The van der Waals surface area contributed by atoms with Crippen LogP contribution >= 0.6 is 0 Å². The predicted octanol–water partition coefficient (Wildman–Crippen LogP) is 6.12. The first-order valence-corrected chi connectivity index (χ1v) is 24.6. The number of carbonyl (C=O) groups excluding carboxylic acids is 1. The van der Waals surface area contributed by atoms with Crippen molar-refractivity contribution in [1.82, 2.24) is 19.2 Å². The van der Waals surface area contributed by atoms with E-state index < -0.39 is 49.5 Å². The molecule has 252 valence electrons. The molecule has 0 bridgehead atoms. The number of carboxylic acid groups (broad SMARTS) is 1. The van der Waals surface area contributed by atoms with Gasteiger partial charge in [-0.2, -0.15) is 0 Å². The number of ether oxygens (including phenoxy) is 2. The molecule has 2 aromatic carbocycles. The quantitative estimate of drug-likeness (QED) is 0.144. The Morgan fingerprint density at radius 1 is 1.02 bits per heavy atom. The monoisotopic (exact) mass is 688 g/mol. The zero-order valence-electron chi connectivity index (χ0n) is 28.0. The third kappa shape index (κ3) is 9.06. The fraction of sp³-hybridized carbons (Fsp3) is 0.531. The van der Waals surface area contributed by atoms with Crippen LogP contribution in [0.1, 0.15) is 40.2 Å². The zero-order chi connectivity index (χ0) is 33.9. The molecule has 0 unspecified atom stereocenters. The first-order valence-electron chi connectivity index (χ1n) is 15.7. The van der Waals surface area contributed by atoms with Gasteiger partial charge in [0.25, 0.3) is 0 Å². The van der Waals surface area contributed by atoms with Gasteiger partial charge in [-0.25, -0.2) is 22.5 Å². The number of sulfonamides is 1. The first-order chi connectivity index (χ1) is 21.5. The van der Waals surface area contributed by atoms with Crippen LogP contribution in [0.3, 0.4) is 0 Å².